The number of likely N-dealkylation sites (tertiary alicyclic amines) is 1. The summed E-state index contributed by atoms with van der Waals surface area (Å²) < 4.78 is 5.21. The predicted octanol–water partition coefficient (Wildman–Crippen LogP) is 2.49. The van der Waals surface area contributed by atoms with Crippen molar-refractivity contribution in [3.05, 3.63) is 29.8 Å². The third-order valence-electron chi connectivity index (χ3n) is 6.47. The van der Waals surface area contributed by atoms with Crippen molar-refractivity contribution in [3.8, 4) is 5.75 Å². The van der Waals surface area contributed by atoms with Crippen LogP contribution in [0, 0.1) is 5.41 Å². The summed E-state index contributed by atoms with van der Waals surface area (Å²) in [5.41, 5.74) is 0.940. The Labute approximate surface area is 137 Å². The molecule has 2 saturated carbocycles. The molecule has 1 heterocycles. The number of amides is 1. The quantitative estimate of drug-likeness (QED) is 0.932. The van der Waals surface area contributed by atoms with Crippen molar-refractivity contribution in [1.29, 1.82) is 0 Å². The number of benzene rings is 1. The highest BCUT2D eigenvalue weighted by Gasteiger charge is 2.55. The fourth-order valence-corrected chi connectivity index (χ4v) is 4.38. The molecule has 23 heavy (non-hydrogen) atoms. The summed E-state index contributed by atoms with van der Waals surface area (Å²) in [6.45, 7) is 1.60. The van der Waals surface area contributed by atoms with Crippen LogP contribution in [-0.2, 0) is 10.2 Å². The molecule has 3 fully saturated rings. The van der Waals surface area contributed by atoms with Crippen LogP contribution < -0.4 is 4.74 Å². The molecule has 4 heteroatoms. The molecule has 4 rings (SSSR count). The van der Waals surface area contributed by atoms with Gasteiger partial charge in [0.1, 0.15) is 5.75 Å². The largest absolute Gasteiger partial charge is 0.497 e. The third kappa shape index (κ3) is 2.26. The zero-order valence-electron chi connectivity index (χ0n) is 13.8. The topological polar surface area (TPSA) is 49.8 Å². The molecule has 1 atom stereocenters. The van der Waals surface area contributed by atoms with Crippen LogP contribution in [0.2, 0.25) is 0 Å². The Bertz CT molecular complexity index is 598. The predicted molar refractivity (Wildman–Crippen MR) is 87.4 cm³/mol. The number of methoxy groups -OCH3 is 1. The molecule has 1 spiro atoms. The number of rotatable bonds is 3. The standard InChI is InChI=1S/C19H25NO3/c1-23-15-4-2-14(3-5-15)19(8-9-19)17(22)20-12-10-18(11-13-20)7-6-16(18)21/h2-5,16,21H,6-13H2,1H3. The minimum absolute atomic E-state index is 0.119. The molecule has 1 N–H and O–H groups in total. The highest BCUT2D eigenvalue weighted by Crippen LogP contribution is 2.53. The van der Waals surface area contributed by atoms with Gasteiger partial charge in [0.15, 0.2) is 0 Å². The van der Waals surface area contributed by atoms with Crippen molar-refractivity contribution >= 4 is 5.91 Å². The van der Waals surface area contributed by atoms with Crippen LogP contribution in [0.4, 0.5) is 0 Å². The number of carbonyl (C=O) groups excluding carboxylic acids is 1. The number of aliphatic hydroxyl groups excluding tert-OH is 1. The van der Waals surface area contributed by atoms with Gasteiger partial charge < -0.3 is 14.7 Å². The number of piperidine rings is 1. The van der Waals surface area contributed by atoms with Crippen molar-refractivity contribution in [2.24, 2.45) is 5.41 Å². The first-order valence-electron chi connectivity index (χ1n) is 8.72. The Hall–Kier alpha value is -1.55. The Morgan fingerprint density at radius 3 is 2.22 bits per heavy atom. The zero-order valence-corrected chi connectivity index (χ0v) is 13.8. The number of nitrogens with zero attached hydrogens (tertiary/aromatic N) is 1. The molecular weight excluding hydrogens is 290 g/mol. The monoisotopic (exact) mass is 315 g/mol. The second-order valence-corrected chi connectivity index (χ2v) is 7.52. The van der Waals surface area contributed by atoms with Crippen molar-refractivity contribution in [2.75, 3.05) is 20.2 Å². The van der Waals surface area contributed by atoms with Crippen LogP contribution in [0.5, 0.6) is 5.75 Å². The number of hydrogen-bond acceptors (Lipinski definition) is 3. The molecular formula is C19H25NO3. The van der Waals surface area contributed by atoms with E-state index in [1.165, 1.54) is 0 Å². The van der Waals surface area contributed by atoms with E-state index in [0.717, 1.165) is 62.9 Å². The van der Waals surface area contributed by atoms with Gasteiger partial charge in [0.25, 0.3) is 0 Å². The highest BCUT2D eigenvalue weighted by molar-refractivity contribution is 5.91. The lowest BCUT2D eigenvalue weighted by Gasteiger charge is -2.52. The van der Waals surface area contributed by atoms with Crippen LogP contribution in [0.1, 0.15) is 44.1 Å². The second kappa shape index (κ2) is 5.23. The lowest BCUT2D eigenvalue weighted by Crippen LogP contribution is -2.54. The van der Waals surface area contributed by atoms with Gasteiger partial charge in [-0.1, -0.05) is 12.1 Å². The number of aliphatic hydroxyl groups is 1. The van der Waals surface area contributed by atoms with Gasteiger partial charge >= 0.3 is 0 Å². The van der Waals surface area contributed by atoms with E-state index in [1.807, 2.05) is 29.2 Å². The van der Waals surface area contributed by atoms with Gasteiger partial charge in [-0.15, -0.1) is 0 Å². The molecule has 1 saturated heterocycles. The summed E-state index contributed by atoms with van der Waals surface area (Å²) in [5.74, 6) is 1.11. The lowest BCUT2D eigenvalue weighted by molar-refractivity contribution is -0.143. The maximum atomic E-state index is 13.1. The Balaban J connectivity index is 1.46. The normalized spacial score (nSPS) is 27.4. The first-order valence-corrected chi connectivity index (χ1v) is 8.72. The van der Waals surface area contributed by atoms with Gasteiger partial charge in [-0.2, -0.15) is 0 Å². The first-order chi connectivity index (χ1) is 11.1. The average Bonchev–Trinajstić information content (AvgIpc) is 3.42. The van der Waals surface area contributed by atoms with Crippen molar-refractivity contribution in [1.82, 2.24) is 4.90 Å². The van der Waals surface area contributed by atoms with E-state index in [1.54, 1.807) is 7.11 Å². The molecule has 1 unspecified atom stereocenters. The fraction of sp³-hybridized carbons (Fsp3) is 0.632. The van der Waals surface area contributed by atoms with E-state index in [2.05, 4.69) is 0 Å². The Morgan fingerprint density at radius 1 is 1.13 bits per heavy atom. The van der Waals surface area contributed by atoms with Gasteiger partial charge in [-0.05, 0) is 61.6 Å². The molecule has 124 valence electrons. The zero-order chi connectivity index (χ0) is 16.1. The Kier molecular flexibility index (Phi) is 3.41. The average molecular weight is 315 g/mol. The summed E-state index contributed by atoms with van der Waals surface area (Å²) in [6.07, 6.45) is 5.72. The summed E-state index contributed by atoms with van der Waals surface area (Å²) in [6, 6.07) is 7.95. The summed E-state index contributed by atoms with van der Waals surface area (Å²) in [4.78, 5) is 15.1. The molecule has 4 nitrogen and oxygen atoms in total. The van der Waals surface area contributed by atoms with Gasteiger partial charge in [0.05, 0.1) is 18.6 Å². The lowest BCUT2D eigenvalue weighted by atomic mass is 9.61. The summed E-state index contributed by atoms with van der Waals surface area (Å²) in [7, 11) is 1.66. The number of hydrogen-bond donors (Lipinski definition) is 1. The van der Waals surface area contributed by atoms with E-state index in [4.69, 9.17) is 4.74 Å². The van der Waals surface area contributed by atoms with Crippen LogP contribution in [0.3, 0.4) is 0 Å². The Morgan fingerprint density at radius 2 is 1.78 bits per heavy atom. The van der Waals surface area contributed by atoms with Gasteiger partial charge in [0.2, 0.25) is 5.91 Å². The SMILES string of the molecule is COc1ccc(C2(C(=O)N3CCC4(CCC4O)CC3)CC2)cc1. The van der Waals surface area contributed by atoms with Gasteiger partial charge in [-0.3, -0.25) is 4.79 Å². The minimum atomic E-state index is -0.297. The smallest absolute Gasteiger partial charge is 0.233 e. The van der Waals surface area contributed by atoms with Crippen LogP contribution in [-0.4, -0.2) is 42.2 Å². The van der Waals surface area contributed by atoms with E-state index in [0.29, 0.717) is 0 Å². The fourth-order valence-electron chi connectivity index (χ4n) is 4.38. The van der Waals surface area contributed by atoms with Crippen molar-refractivity contribution < 1.29 is 14.6 Å². The van der Waals surface area contributed by atoms with E-state index >= 15 is 0 Å². The maximum Gasteiger partial charge on any atom is 0.233 e. The number of carbonyl (C=O) groups is 1. The molecule has 0 aromatic heterocycles. The van der Waals surface area contributed by atoms with E-state index in [-0.39, 0.29) is 22.8 Å². The molecule has 2 aliphatic carbocycles. The molecule has 1 aromatic rings. The van der Waals surface area contributed by atoms with Crippen LogP contribution in [0.15, 0.2) is 24.3 Å². The molecule has 0 radical (unpaired) electrons. The first kappa shape index (κ1) is 15.0. The van der Waals surface area contributed by atoms with Gasteiger partial charge in [0, 0.05) is 13.1 Å². The second-order valence-electron chi connectivity index (χ2n) is 7.52. The molecule has 3 aliphatic rings. The molecule has 1 aromatic carbocycles. The summed E-state index contributed by atoms with van der Waals surface area (Å²) in [5, 5.41) is 10.0. The molecule has 1 aliphatic heterocycles. The molecule has 1 amide bonds. The maximum absolute atomic E-state index is 13.1. The van der Waals surface area contributed by atoms with E-state index < -0.39 is 0 Å². The van der Waals surface area contributed by atoms with Crippen LogP contribution >= 0.6 is 0 Å². The van der Waals surface area contributed by atoms with Gasteiger partial charge in [-0.25, -0.2) is 0 Å². The summed E-state index contributed by atoms with van der Waals surface area (Å²) >= 11 is 0. The van der Waals surface area contributed by atoms with E-state index in [9.17, 15) is 9.90 Å². The number of ether oxygens (including phenoxy) is 1. The van der Waals surface area contributed by atoms with Crippen LogP contribution in [0.25, 0.3) is 0 Å². The third-order valence-corrected chi connectivity index (χ3v) is 6.47. The minimum Gasteiger partial charge on any atom is -0.497 e. The molecule has 0 bridgehead atoms. The van der Waals surface area contributed by atoms with Crippen molar-refractivity contribution in [2.45, 2.75) is 50.0 Å². The van der Waals surface area contributed by atoms with Crippen molar-refractivity contribution in [3.63, 3.8) is 0 Å². The highest BCUT2D eigenvalue weighted by atomic mass is 16.5.